The third-order valence-corrected chi connectivity index (χ3v) is 1.52. The predicted molar refractivity (Wildman–Crippen MR) is 58.4 cm³/mol. The van der Waals surface area contributed by atoms with Crippen LogP contribution in [0.4, 0.5) is 0 Å². The fourth-order valence-electron chi connectivity index (χ4n) is 0.892. The van der Waals surface area contributed by atoms with Crippen LogP contribution < -0.4 is 0 Å². The summed E-state index contributed by atoms with van der Waals surface area (Å²) < 4.78 is 20.1. The highest BCUT2D eigenvalue weighted by Crippen LogP contribution is 2.01. The zero-order valence-electron chi connectivity index (χ0n) is 9.68. The lowest BCUT2D eigenvalue weighted by atomic mass is 10.6. The van der Waals surface area contributed by atoms with E-state index < -0.39 is 18.5 Å². The molecule has 0 heterocycles. The van der Waals surface area contributed by atoms with Crippen molar-refractivity contribution in [2.45, 2.75) is 26.4 Å². The molecule has 0 rings (SSSR count). The van der Waals surface area contributed by atoms with Gasteiger partial charge in [-0.2, -0.15) is 0 Å². The van der Waals surface area contributed by atoms with Crippen LogP contribution in [0.1, 0.15) is 13.8 Å². The van der Waals surface area contributed by atoms with Gasteiger partial charge in [-0.3, -0.25) is 0 Å². The maximum absolute atomic E-state index is 10.7. The van der Waals surface area contributed by atoms with Crippen LogP contribution in [0.15, 0.2) is 25.5 Å². The fraction of sp³-hybridized carbons (Fsp3) is 0.545. The molecule has 2 atom stereocenters. The third kappa shape index (κ3) is 8.02. The smallest absolute Gasteiger partial charge is 0.330 e. The zero-order chi connectivity index (χ0) is 12.4. The van der Waals surface area contributed by atoms with Crippen molar-refractivity contribution in [3.8, 4) is 0 Å². The number of carbonyl (C=O) groups excluding carboxylic acids is 1. The van der Waals surface area contributed by atoms with Gasteiger partial charge in [0.05, 0.1) is 12.9 Å². The second kappa shape index (κ2) is 8.94. The average molecular weight is 230 g/mol. The Bertz CT molecular complexity index is 226. The van der Waals surface area contributed by atoms with Gasteiger partial charge in [-0.15, -0.1) is 0 Å². The molecule has 0 fully saturated rings. The normalized spacial score (nSPS) is 13.6. The molecule has 92 valence electrons. The summed E-state index contributed by atoms with van der Waals surface area (Å²) in [5, 5.41) is 0. The van der Waals surface area contributed by atoms with Crippen molar-refractivity contribution in [3.05, 3.63) is 25.5 Å². The molecule has 0 aliphatic carbocycles. The van der Waals surface area contributed by atoms with Gasteiger partial charge in [-0.25, -0.2) is 4.79 Å². The minimum atomic E-state index is -0.472. The molecule has 0 amide bonds. The Morgan fingerprint density at radius 3 is 2.50 bits per heavy atom. The topological polar surface area (TPSA) is 54.0 Å². The van der Waals surface area contributed by atoms with Crippen LogP contribution in [-0.4, -0.2) is 31.8 Å². The first-order valence-corrected chi connectivity index (χ1v) is 4.92. The SMILES string of the molecule is C=COC(C)OC(C)OCCOC(=O)C=C. The molecule has 16 heavy (non-hydrogen) atoms. The van der Waals surface area contributed by atoms with E-state index in [1.54, 1.807) is 13.8 Å². The predicted octanol–water partition coefficient (Wildman–Crippen LogP) is 1.60. The van der Waals surface area contributed by atoms with Crippen molar-refractivity contribution in [2.75, 3.05) is 13.2 Å². The molecule has 0 N–H and O–H groups in total. The number of hydrogen-bond donors (Lipinski definition) is 0. The van der Waals surface area contributed by atoms with E-state index in [4.69, 9.17) is 18.9 Å². The molecule has 0 aliphatic rings. The highest BCUT2D eigenvalue weighted by Gasteiger charge is 2.08. The van der Waals surface area contributed by atoms with E-state index in [0.29, 0.717) is 0 Å². The molecule has 0 aromatic heterocycles. The summed E-state index contributed by atoms with van der Waals surface area (Å²) in [4.78, 5) is 10.7. The fourth-order valence-corrected chi connectivity index (χ4v) is 0.892. The van der Waals surface area contributed by atoms with Gasteiger partial charge in [0, 0.05) is 6.08 Å². The molecule has 0 bridgehead atoms. The lowest BCUT2D eigenvalue weighted by Crippen LogP contribution is -2.22. The van der Waals surface area contributed by atoms with Gasteiger partial charge in [0.15, 0.2) is 12.6 Å². The highest BCUT2D eigenvalue weighted by atomic mass is 16.8. The summed E-state index contributed by atoms with van der Waals surface area (Å²) in [5.41, 5.74) is 0. The van der Waals surface area contributed by atoms with Gasteiger partial charge in [0.1, 0.15) is 6.61 Å². The van der Waals surface area contributed by atoms with Gasteiger partial charge in [0.2, 0.25) is 0 Å². The van der Waals surface area contributed by atoms with E-state index in [-0.39, 0.29) is 13.2 Å². The second-order valence-electron chi connectivity index (χ2n) is 2.82. The number of hydrogen-bond acceptors (Lipinski definition) is 5. The van der Waals surface area contributed by atoms with Crippen molar-refractivity contribution in [1.82, 2.24) is 0 Å². The first-order chi connectivity index (χ1) is 7.60. The third-order valence-electron chi connectivity index (χ3n) is 1.52. The average Bonchev–Trinajstić information content (AvgIpc) is 2.24. The van der Waals surface area contributed by atoms with Crippen LogP contribution in [0.2, 0.25) is 0 Å². The van der Waals surface area contributed by atoms with Crippen LogP contribution >= 0.6 is 0 Å². The summed E-state index contributed by atoms with van der Waals surface area (Å²) in [6, 6.07) is 0. The summed E-state index contributed by atoms with van der Waals surface area (Å²) in [6.45, 7) is 10.5. The zero-order valence-corrected chi connectivity index (χ0v) is 9.68. The Labute approximate surface area is 95.6 Å². The number of carbonyl (C=O) groups is 1. The molecular formula is C11H18O5. The number of esters is 1. The van der Waals surface area contributed by atoms with Crippen molar-refractivity contribution < 1.29 is 23.7 Å². The number of rotatable bonds is 9. The van der Waals surface area contributed by atoms with E-state index in [9.17, 15) is 4.79 Å². The van der Waals surface area contributed by atoms with E-state index in [1.165, 1.54) is 6.26 Å². The summed E-state index contributed by atoms with van der Waals surface area (Å²) in [7, 11) is 0. The molecule has 2 unspecified atom stereocenters. The quantitative estimate of drug-likeness (QED) is 0.198. The van der Waals surface area contributed by atoms with E-state index in [0.717, 1.165) is 6.08 Å². The Morgan fingerprint density at radius 1 is 1.25 bits per heavy atom. The molecule has 0 aromatic rings. The number of ether oxygens (including phenoxy) is 4. The Kier molecular flexibility index (Phi) is 8.19. The maximum Gasteiger partial charge on any atom is 0.330 e. The van der Waals surface area contributed by atoms with E-state index in [2.05, 4.69) is 13.2 Å². The largest absolute Gasteiger partial charge is 0.473 e. The summed E-state index contributed by atoms with van der Waals surface area (Å²) in [6.07, 6.45) is 1.52. The van der Waals surface area contributed by atoms with Crippen molar-refractivity contribution in [2.24, 2.45) is 0 Å². The first kappa shape index (κ1) is 14.7. The molecule has 0 spiro atoms. The van der Waals surface area contributed by atoms with Crippen molar-refractivity contribution in [1.29, 1.82) is 0 Å². The van der Waals surface area contributed by atoms with E-state index >= 15 is 0 Å². The molecule has 0 aliphatic heterocycles. The van der Waals surface area contributed by atoms with Gasteiger partial charge >= 0.3 is 5.97 Å². The molecule has 0 saturated carbocycles. The molecule has 0 aromatic carbocycles. The van der Waals surface area contributed by atoms with Crippen LogP contribution in [0.25, 0.3) is 0 Å². The minimum Gasteiger partial charge on any atom is -0.473 e. The van der Waals surface area contributed by atoms with Gasteiger partial charge in [-0.1, -0.05) is 13.2 Å². The standard InChI is InChI=1S/C11H18O5/c1-5-11(12)15-8-7-14-10(4)16-9(3)13-6-2/h5-6,9-10H,1-2,7-8H2,3-4H3. The molecule has 0 radical (unpaired) electrons. The highest BCUT2D eigenvalue weighted by molar-refractivity contribution is 5.81. The summed E-state index contributed by atoms with van der Waals surface area (Å²) >= 11 is 0. The Balaban J connectivity index is 3.49. The molecule has 0 saturated heterocycles. The van der Waals surface area contributed by atoms with Crippen molar-refractivity contribution in [3.63, 3.8) is 0 Å². The van der Waals surface area contributed by atoms with Gasteiger partial charge < -0.3 is 18.9 Å². The maximum atomic E-state index is 10.7. The van der Waals surface area contributed by atoms with E-state index in [1.807, 2.05) is 0 Å². The van der Waals surface area contributed by atoms with Crippen LogP contribution in [-0.2, 0) is 23.7 Å². The van der Waals surface area contributed by atoms with Gasteiger partial charge in [-0.05, 0) is 13.8 Å². The van der Waals surface area contributed by atoms with Crippen molar-refractivity contribution >= 4 is 5.97 Å². The van der Waals surface area contributed by atoms with Gasteiger partial charge in [0.25, 0.3) is 0 Å². The second-order valence-corrected chi connectivity index (χ2v) is 2.82. The molecule has 5 nitrogen and oxygen atoms in total. The lowest BCUT2D eigenvalue weighted by molar-refractivity contribution is -0.218. The monoisotopic (exact) mass is 230 g/mol. The van der Waals surface area contributed by atoms with Crippen LogP contribution in [0.3, 0.4) is 0 Å². The lowest BCUT2D eigenvalue weighted by Gasteiger charge is -2.18. The Hall–Kier alpha value is -1.33. The summed E-state index contributed by atoms with van der Waals surface area (Å²) in [5.74, 6) is -0.472. The first-order valence-electron chi connectivity index (χ1n) is 4.92. The minimum absolute atomic E-state index is 0.162. The van der Waals surface area contributed by atoms with Crippen LogP contribution in [0.5, 0.6) is 0 Å². The molecular weight excluding hydrogens is 212 g/mol. The Morgan fingerprint density at radius 2 is 1.94 bits per heavy atom. The van der Waals surface area contributed by atoms with Crippen LogP contribution in [0, 0.1) is 0 Å². The molecule has 5 heteroatoms.